The van der Waals surface area contributed by atoms with Crippen molar-refractivity contribution in [3.8, 4) is 0 Å². The van der Waals surface area contributed by atoms with Crippen molar-refractivity contribution in [1.82, 2.24) is 4.31 Å². The number of halogens is 1. The monoisotopic (exact) mass is 356 g/mol. The highest BCUT2D eigenvalue weighted by atomic mass is 35.5. The minimum Gasteiger partial charge on any atom is -0.465 e. The molecule has 0 radical (unpaired) electrons. The second-order valence-electron chi connectivity index (χ2n) is 3.72. The van der Waals surface area contributed by atoms with Crippen molar-refractivity contribution in [2.24, 2.45) is 0 Å². The molecule has 1 rings (SSSR count). The van der Waals surface area contributed by atoms with Crippen molar-refractivity contribution in [2.45, 2.75) is 18.1 Å². The number of ether oxygens (including phenoxy) is 1. The third kappa shape index (κ3) is 4.13. The van der Waals surface area contributed by atoms with E-state index in [1.807, 2.05) is 0 Å². The number of esters is 1. The third-order valence-electron chi connectivity index (χ3n) is 2.40. The first kappa shape index (κ1) is 17.8. The lowest BCUT2D eigenvalue weighted by molar-refractivity contribution is -0.384. The molecule has 1 aromatic rings. The number of sulfonamides is 1. The molecule has 21 heavy (non-hydrogen) atoms. The molecule has 0 aliphatic heterocycles. The molecule has 0 fully saturated rings. The maximum absolute atomic E-state index is 12.3. The van der Waals surface area contributed by atoms with Gasteiger partial charge in [0.2, 0.25) is 0 Å². The van der Waals surface area contributed by atoms with Gasteiger partial charge in [0.25, 0.3) is 15.7 Å². The first-order valence-corrected chi connectivity index (χ1v) is 8.47. The molecule has 0 saturated carbocycles. The molecule has 1 aromatic heterocycles. The van der Waals surface area contributed by atoms with E-state index >= 15 is 0 Å². The number of carbonyl (C=O) groups excluding carboxylic acids is 1. The van der Waals surface area contributed by atoms with Crippen LogP contribution in [-0.4, -0.2) is 43.3 Å². The highest BCUT2D eigenvalue weighted by molar-refractivity contribution is 7.91. The molecular weight excluding hydrogens is 344 g/mol. The van der Waals surface area contributed by atoms with E-state index in [4.69, 9.17) is 16.3 Å². The summed E-state index contributed by atoms with van der Waals surface area (Å²) in [5.74, 6) is -0.694. The van der Waals surface area contributed by atoms with Gasteiger partial charge in [-0.1, -0.05) is 18.5 Å². The SMILES string of the molecule is CCOC(=O)CN(CC)S(=O)(=O)c1cc([N+](=O)[O-])c(Cl)s1. The van der Waals surface area contributed by atoms with Crippen molar-refractivity contribution < 1.29 is 22.9 Å². The molecule has 0 aromatic carbocycles. The molecule has 0 atom stereocenters. The summed E-state index contributed by atoms with van der Waals surface area (Å²) in [4.78, 5) is 21.4. The number of thiophene rings is 1. The Morgan fingerprint density at radius 3 is 2.57 bits per heavy atom. The lowest BCUT2D eigenvalue weighted by Gasteiger charge is -2.18. The molecular formula is C10H13ClN2O6S2. The van der Waals surface area contributed by atoms with Crippen LogP contribution in [0.15, 0.2) is 10.3 Å². The van der Waals surface area contributed by atoms with Crippen molar-refractivity contribution in [1.29, 1.82) is 0 Å². The number of likely N-dealkylation sites (N-methyl/N-ethyl adjacent to an activating group) is 1. The zero-order chi connectivity index (χ0) is 16.2. The first-order valence-electron chi connectivity index (χ1n) is 5.83. The number of carbonyl (C=O) groups is 1. The highest BCUT2D eigenvalue weighted by Gasteiger charge is 2.31. The van der Waals surface area contributed by atoms with Gasteiger partial charge >= 0.3 is 5.97 Å². The Kier molecular flexibility index (Phi) is 6.08. The third-order valence-corrected chi connectivity index (χ3v) is 6.11. The summed E-state index contributed by atoms with van der Waals surface area (Å²) < 4.78 is 29.7. The van der Waals surface area contributed by atoms with Crippen molar-refractivity contribution >= 4 is 44.6 Å². The van der Waals surface area contributed by atoms with Gasteiger partial charge in [-0.3, -0.25) is 14.9 Å². The van der Waals surface area contributed by atoms with E-state index in [2.05, 4.69) is 0 Å². The van der Waals surface area contributed by atoms with E-state index in [0.717, 1.165) is 10.4 Å². The van der Waals surface area contributed by atoms with Gasteiger partial charge in [-0.2, -0.15) is 4.31 Å². The summed E-state index contributed by atoms with van der Waals surface area (Å²) in [6, 6.07) is 0.885. The molecule has 11 heteroatoms. The maximum Gasteiger partial charge on any atom is 0.321 e. The molecule has 0 unspecified atom stereocenters. The number of nitro groups is 1. The van der Waals surface area contributed by atoms with E-state index in [1.165, 1.54) is 0 Å². The summed E-state index contributed by atoms with van der Waals surface area (Å²) in [6.07, 6.45) is 0. The van der Waals surface area contributed by atoms with Crippen molar-refractivity contribution in [2.75, 3.05) is 19.7 Å². The Hall–Kier alpha value is -1.23. The van der Waals surface area contributed by atoms with E-state index in [1.54, 1.807) is 13.8 Å². The first-order chi connectivity index (χ1) is 9.73. The van der Waals surface area contributed by atoms with Crippen LogP contribution >= 0.6 is 22.9 Å². The Balaban J connectivity index is 3.10. The minimum atomic E-state index is -4.04. The average molecular weight is 357 g/mol. The lowest BCUT2D eigenvalue weighted by Crippen LogP contribution is -2.35. The molecule has 1 heterocycles. The van der Waals surface area contributed by atoms with Gasteiger partial charge in [-0.25, -0.2) is 8.42 Å². The van der Waals surface area contributed by atoms with E-state index in [-0.39, 0.29) is 21.7 Å². The Bertz CT molecular complexity index is 642. The van der Waals surface area contributed by atoms with Crippen LogP contribution in [0.25, 0.3) is 0 Å². The number of rotatable bonds is 7. The molecule has 0 aliphatic carbocycles. The summed E-state index contributed by atoms with van der Waals surface area (Å²) in [5.41, 5.74) is -0.479. The topological polar surface area (TPSA) is 107 Å². The number of hydrogen-bond acceptors (Lipinski definition) is 7. The van der Waals surface area contributed by atoms with Crippen LogP contribution < -0.4 is 0 Å². The van der Waals surface area contributed by atoms with Gasteiger partial charge in [-0.05, 0) is 6.92 Å². The predicted molar refractivity (Wildman–Crippen MR) is 77.0 cm³/mol. The van der Waals surface area contributed by atoms with E-state index < -0.39 is 33.1 Å². The predicted octanol–water partition coefficient (Wildman–Crippen LogP) is 1.88. The van der Waals surface area contributed by atoms with Crippen LogP contribution in [0.2, 0.25) is 4.34 Å². The largest absolute Gasteiger partial charge is 0.465 e. The summed E-state index contributed by atoms with van der Waals surface area (Å²) >= 11 is 6.23. The second-order valence-corrected chi connectivity index (χ2v) is 7.54. The van der Waals surface area contributed by atoms with Crippen molar-refractivity contribution in [3.63, 3.8) is 0 Å². The van der Waals surface area contributed by atoms with Crippen LogP contribution in [0.4, 0.5) is 5.69 Å². The zero-order valence-electron chi connectivity index (χ0n) is 11.2. The van der Waals surface area contributed by atoms with Gasteiger partial charge in [0.05, 0.1) is 11.5 Å². The normalized spacial score (nSPS) is 11.6. The molecule has 0 saturated heterocycles. The maximum atomic E-state index is 12.3. The van der Waals surface area contributed by atoms with Crippen LogP contribution in [0, 0.1) is 10.1 Å². The van der Waals surface area contributed by atoms with Gasteiger partial charge < -0.3 is 4.74 Å². The molecule has 0 spiro atoms. The molecule has 0 amide bonds. The van der Waals surface area contributed by atoms with Gasteiger partial charge in [0.1, 0.15) is 10.8 Å². The molecule has 118 valence electrons. The minimum absolute atomic E-state index is 0.0183. The van der Waals surface area contributed by atoms with E-state index in [9.17, 15) is 23.3 Å². The molecule has 0 N–H and O–H groups in total. The molecule has 0 bridgehead atoms. The number of hydrogen-bond donors (Lipinski definition) is 0. The van der Waals surface area contributed by atoms with E-state index in [0.29, 0.717) is 11.3 Å². The Morgan fingerprint density at radius 2 is 2.14 bits per heavy atom. The summed E-state index contributed by atoms with van der Waals surface area (Å²) in [5, 5.41) is 10.7. The fourth-order valence-corrected chi connectivity index (χ4v) is 4.65. The second kappa shape index (κ2) is 7.16. The van der Waals surface area contributed by atoms with Gasteiger partial charge in [-0.15, -0.1) is 11.3 Å². The van der Waals surface area contributed by atoms with Crippen LogP contribution in [0.3, 0.4) is 0 Å². The smallest absolute Gasteiger partial charge is 0.321 e. The fourth-order valence-electron chi connectivity index (χ4n) is 1.43. The summed E-state index contributed by atoms with van der Waals surface area (Å²) in [7, 11) is -4.04. The highest BCUT2D eigenvalue weighted by Crippen LogP contribution is 2.37. The Morgan fingerprint density at radius 1 is 1.52 bits per heavy atom. The molecule has 0 aliphatic rings. The standard InChI is InChI=1S/C10H13ClN2O6S2/c1-3-12(6-8(14)19-4-2)21(17,18)9-5-7(13(15)16)10(11)20-9/h5H,3-4,6H2,1-2H3. The summed E-state index contributed by atoms with van der Waals surface area (Å²) in [6.45, 7) is 2.83. The quantitative estimate of drug-likeness (QED) is 0.419. The number of nitrogens with zero attached hydrogens (tertiary/aromatic N) is 2. The van der Waals surface area contributed by atoms with Gasteiger partial charge in [0.15, 0.2) is 4.34 Å². The Labute approximate surface area is 130 Å². The van der Waals surface area contributed by atoms with Gasteiger partial charge in [0, 0.05) is 12.6 Å². The fraction of sp³-hybridized carbons (Fsp3) is 0.500. The van der Waals surface area contributed by atoms with Crippen LogP contribution in [0.5, 0.6) is 0 Å². The molecule has 8 nitrogen and oxygen atoms in total. The average Bonchev–Trinajstić information content (AvgIpc) is 2.79. The van der Waals surface area contributed by atoms with Crippen molar-refractivity contribution in [3.05, 3.63) is 20.5 Å². The van der Waals surface area contributed by atoms with Crippen LogP contribution in [-0.2, 0) is 19.6 Å². The zero-order valence-corrected chi connectivity index (χ0v) is 13.6. The lowest BCUT2D eigenvalue weighted by atomic mass is 10.6. The van der Waals surface area contributed by atoms with Crippen LogP contribution in [0.1, 0.15) is 13.8 Å².